The molecular formula is C12H27NS. The minimum atomic E-state index is 1.06. The molecule has 0 rings (SSSR count). The zero-order valence-corrected chi connectivity index (χ0v) is 10.6. The number of hydrogen-bond donors (Lipinski definition) is 2. The highest BCUT2D eigenvalue weighted by molar-refractivity contribution is 7.78. The van der Waals surface area contributed by atoms with E-state index in [1.54, 1.807) is 0 Å². The van der Waals surface area contributed by atoms with Crippen LogP contribution in [0.3, 0.4) is 0 Å². The summed E-state index contributed by atoms with van der Waals surface area (Å²) in [5, 5.41) is 0. The fourth-order valence-corrected chi connectivity index (χ4v) is 1.85. The van der Waals surface area contributed by atoms with Crippen LogP contribution in [0.25, 0.3) is 0 Å². The monoisotopic (exact) mass is 217 g/mol. The first-order valence-corrected chi connectivity index (χ1v) is 6.73. The lowest BCUT2D eigenvalue weighted by molar-refractivity contribution is 0.556. The molecule has 0 saturated heterocycles. The van der Waals surface area contributed by atoms with Crippen molar-refractivity contribution in [1.82, 2.24) is 4.72 Å². The van der Waals surface area contributed by atoms with Crippen molar-refractivity contribution in [2.45, 2.75) is 71.1 Å². The smallest absolute Gasteiger partial charge is 0.00561 e. The van der Waals surface area contributed by atoms with Gasteiger partial charge in [-0.3, -0.25) is 4.72 Å². The average Bonchev–Trinajstić information content (AvgIpc) is 2.21. The standard InChI is InChI=1S/C12H27NS/c1-2-3-4-5-6-7-8-9-10-11-12-13-14/h13-14H,2-12H2,1H3. The Labute approximate surface area is 95.6 Å². The summed E-state index contributed by atoms with van der Waals surface area (Å²) in [7, 11) is 0. The third kappa shape index (κ3) is 12.3. The first-order valence-electron chi connectivity index (χ1n) is 6.28. The molecule has 1 nitrogen and oxygen atoms in total. The molecule has 0 unspecified atom stereocenters. The van der Waals surface area contributed by atoms with Crippen molar-refractivity contribution in [2.24, 2.45) is 0 Å². The lowest BCUT2D eigenvalue weighted by atomic mass is 10.1. The number of rotatable bonds is 11. The van der Waals surface area contributed by atoms with Gasteiger partial charge >= 0.3 is 0 Å². The fourth-order valence-electron chi connectivity index (χ4n) is 1.69. The van der Waals surface area contributed by atoms with Gasteiger partial charge in [-0.05, 0) is 6.42 Å². The number of nitrogens with one attached hydrogen (secondary N) is 1. The maximum atomic E-state index is 3.96. The van der Waals surface area contributed by atoms with E-state index in [9.17, 15) is 0 Å². The van der Waals surface area contributed by atoms with E-state index in [-0.39, 0.29) is 0 Å². The van der Waals surface area contributed by atoms with E-state index in [0.717, 1.165) is 6.54 Å². The molecule has 0 amide bonds. The SMILES string of the molecule is CCCCCCCCCCCCNS. The molecule has 0 saturated carbocycles. The van der Waals surface area contributed by atoms with Gasteiger partial charge in [0.15, 0.2) is 0 Å². The van der Waals surface area contributed by atoms with Gasteiger partial charge in [-0.25, -0.2) is 0 Å². The number of hydrogen-bond acceptors (Lipinski definition) is 2. The lowest BCUT2D eigenvalue weighted by Crippen LogP contribution is -1.99. The molecule has 1 N–H and O–H groups in total. The van der Waals surface area contributed by atoms with Crippen LogP contribution in [0, 0.1) is 0 Å². The quantitative estimate of drug-likeness (QED) is 0.387. The summed E-state index contributed by atoms with van der Waals surface area (Å²) in [6.07, 6.45) is 14.0. The van der Waals surface area contributed by atoms with Crippen molar-refractivity contribution in [3.8, 4) is 0 Å². The van der Waals surface area contributed by atoms with Crippen LogP contribution in [-0.4, -0.2) is 6.54 Å². The Morgan fingerprint density at radius 2 is 1.14 bits per heavy atom. The molecule has 0 aromatic heterocycles. The highest BCUT2D eigenvalue weighted by Gasteiger charge is 1.91. The van der Waals surface area contributed by atoms with Gasteiger partial charge < -0.3 is 0 Å². The molecule has 0 aromatic rings. The molecule has 0 heterocycles. The maximum Gasteiger partial charge on any atom is 0.00561 e. The largest absolute Gasteiger partial charge is 0.267 e. The second-order valence-corrected chi connectivity index (χ2v) is 4.41. The van der Waals surface area contributed by atoms with E-state index in [0.29, 0.717) is 0 Å². The van der Waals surface area contributed by atoms with Gasteiger partial charge in [0.1, 0.15) is 0 Å². The predicted molar refractivity (Wildman–Crippen MR) is 68.8 cm³/mol. The molecule has 0 fully saturated rings. The Morgan fingerprint density at radius 1 is 0.714 bits per heavy atom. The Bertz CT molecular complexity index is 84.3. The van der Waals surface area contributed by atoms with Crippen LogP contribution < -0.4 is 4.72 Å². The minimum Gasteiger partial charge on any atom is -0.267 e. The summed E-state index contributed by atoms with van der Waals surface area (Å²) < 4.78 is 2.89. The van der Waals surface area contributed by atoms with Crippen molar-refractivity contribution in [3.63, 3.8) is 0 Å². The van der Waals surface area contributed by atoms with Gasteiger partial charge in [-0.2, -0.15) is 0 Å². The van der Waals surface area contributed by atoms with E-state index in [4.69, 9.17) is 0 Å². The van der Waals surface area contributed by atoms with Crippen LogP contribution in [-0.2, 0) is 0 Å². The second kappa shape index (κ2) is 13.3. The van der Waals surface area contributed by atoms with Crippen LogP contribution >= 0.6 is 12.8 Å². The maximum absolute atomic E-state index is 3.96. The van der Waals surface area contributed by atoms with Gasteiger partial charge in [0.2, 0.25) is 0 Å². The van der Waals surface area contributed by atoms with Gasteiger partial charge in [0.05, 0.1) is 0 Å². The highest BCUT2D eigenvalue weighted by Crippen LogP contribution is 2.10. The molecule has 0 radical (unpaired) electrons. The summed E-state index contributed by atoms with van der Waals surface area (Å²) in [6, 6.07) is 0. The third-order valence-corrected chi connectivity index (χ3v) is 2.87. The summed E-state index contributed by atoms with van der Waals surface area (Å²) >= 11 is 3.96. The van der Waals surface area contributed by atoms with Gasteiger partial charge in [0, 0.05) is 6.54 Å². The van der Waals surface area contributed by atoms with Gasteiger partial charge in [-0.15, -0.1) is 0 Å². The molecule has 86 valence electrons. The normalized spacial score (nSPS) is 10.7. The Morgan fingerprint density at radius 3 is 1.57 bits per heavy atom. The van der Waals surface area contributed by atoms with Crippen LogP contribution in [0.15, 0.2) is 0 Å². The number of unbranched alkanes of at least 4 members (excludes halogenated alkanes) is 9. The molecular weight excluding hydrogens is 190 g/mol. The van der Waals surface area contributed by atoms with E-state index >= 15 is 0 Å². The van der Waals surface area contributed by atoms with Crippen LogP contribution in [0.2, 0.25) is 0 Å². The highest BCUT2D eigenvalue weighted by atomic mass is 32.1. The molecule has 2 heteroatoms. The average molecular weight is 217 g/mol. The second-order valence-electron chi connectivity index (χ2n) is 4.09. The van der Waals surface area contributed by atoms with Crippen molar-refractivity contribution >= 4 is 12.8 Å². The first-order chi connectivity index (χ1) is 6.91. The van der Waals surface area contributed by atoms with E-state index < -0.39 is 0 Å². The molecule has 0 aliphatic heterocycles. The van der Waals surface area contributed by atoms with E-state index in [1.165, 1.54) is 64.2 Å². The molecule has 0 aliphatic carbocycles. The Balaban J connectivity index is 2.78. The van der Waals surface area contributed by atoms with Crippen molar-refractivity contribution in [2.75, 3.05) is 6.54 Å². The van der Waals surface area contributed by atoms with E-state index in [2.05, 4.69) is 24.5 Å². The van der Waals surface area contributed by atoms with Crippen LogP contribution in [0.4, 0.5) is 0 Å². The van der Waals surface area contributed by atoms with Crippen molar-refractivity contribution in [3.05, 3.63) is 0 Å². The molecule has 0 spiro atoms. The summed E-state index contributed by atoms with van der Waals surface area (Å²) in [5.74, 6) is 0. The fraction of sp³-hybridized carbons (Fsp3) is 1.00. The molecule has 0 bridgehead atoms. The van der Waals surface area contributed by atoms with Crippen molar-refractivity contribution < 1.29 is 0 Å². The molecule has 0 aromatic carbocycles. The Hall–Kier alpha value is 0.310. The summed E-state index contributed by atoms with van der Waals surface area (Å²) in [5.41, 5.74) is 0. The van der Waals surface area contributed by atoms with Crippen LogP contribution in [0.5, 0.6) is 0 Å². The van der Waals surface area contributed by atoms with E-state index in [1.807, 2.05) is 0 Å². The van der Waals surface area contributed by atoms with Gasteiger partial charge in [0.25, 0.3) is 0 Å². The zero-order valence-electron chi connectivity index (χ0n) is 9.73. The Kier molecular flexibility index (Phi) is 13.6. The van der Waals surface area contributed by atoms with Crippen LogP contribution in [0.1, 0.15) is 71.1 Å². The van der Waals surface area contributed by atoms with Crippen molar-refractivity contribution in [1.29, 1.82) is 0 Å². The third-order valence-electron chi connectivity index (χ3n) is 2.64. The lowest BCUT2D eigenvalue weighted by Gasteiger charge is -2.01. The molecule has 0 aliphatic rings. The first kappa shape index (κ1) is 14.3. The summed E-state index contributed by atoms with van der Waals surface area (Å²) in [6.45, 7) is 3.33. The van der Waals surface area contributed by atoms with Gasteiger partial charge in [-0.1, -0.05) is 77.5 Å². The number of thiol groups is 1. The predicted octanol–water partition coefficient (Wildman–Crippen LogP) is 4.34. The topological polar surface area (TPSA) is 12.0 Å². The minimum absolute atomic E-state index is 1.06. The zero-order chi connectivity index (χ0) is 10.5. The molecule has 0 atom stereocenters. The molecule has 14 heavy (non-hydrogen) atoms. The summed E-state index contributed by atoms with van der Waals surface area (Å²) in [4.78, 5) is 0.